The molecule has 0 aliphatic rings. The van der Waals surface area contributed by atoms with Gasteiger partial charge in [-0.3, -0.25) is 9.59 Å². The van der Waals surface area contributed by atoms with Crippen molar-refractivity contribution in [1.82, 2.24) is 10.6 Å². The van der Waals surface area contributed by atoms with Crippen LogP contribution in [0.15, 0.2) is 54.6 Å². The Balaban J connectivity index is 1.81. The molecule has 2 N–H and O–H groups in total. The molecule has 6 nitrogen and oxygen atoms in total. The van der Waals surface area contributed by atoms with Crippen molar-refractivity contribution >= 4 is 11.8 Å². The van der Waals surface area contributed by atoms with E-state index in [9.17, 15) is 9.59 Å². The summed E-state index contributed by atoms with van der Waals surface area (Å²) in [5, 5.41) is 5.37. The average molecular weight is 370 g/mol. The Bertz CT molecular complexity index is 717. The molecular weight excluding hydrogens is 344 g/mol. The van der Waals surface area contributed by atoms with E-state index < -0.39 is 6.04 Å². The molecule has 0 heterocycles. The molecule has 0 saturated carbocycles. The number of likely N-dealkylation sites (N-methyl/N-ethyl adjacent to an activating group) is 1. The lowest BCUT2D eigenvalue weighted by molar-refractivity contribution is -0.129. The van der Waals surface area contributed by atoms with E-state index in [1.165, 1.54) is 0 Å². The average Bonchev–Trinajstić information content (AvgIpc) is 2.71. The maximum absolute atomic E-state index is 12.2. The van der Waals surface area contributed by atoms with Gasteiger partial charge in [-0.1, -0.05) is 42.5 Å². The van der Waals surface area contributed by atoms with Gasteiger partial charge in [0.15, 0.2) is 0 Å². The van der Waals surface area contributed by atoms with Gasteiger partial charge in [0.1, 0.15) is 11.8 Å². The van der Waals surface area contributed by atoms with Gasteiger partial charge in [-0.2, -0.15) is 0 Å². The third-order valence-corrected chi connectivity index (χ3v) is 4.08. The Kier molecular flexibility index (Phi) is 8.32. The molecule has 0 aromatic heterocycles. The minimum Gasteiger partial charge on any atom is -0.497 e. The molecule has 2 aromatic carbocycles. The van der Waals surface area contributed by atoms with Crippen LogP contribution in [0.4, 0.5) is 0 Å². The molecule has 0 radical (unpaired) electrons. The van der Waals surface area contributed by atoms with Crippen LogP contribution < -0.4 is 15.4 Å². The molecule has 0 saturated heterocycles. The molecule has 2 aromatic rings. The SMILES string of the molecule is CNC(=O)[C@@H](Cc1ccc(OC)cc1)NC(=O)CCOCc1ccccc1. The Morgan fingerprint density at radius 3 is 2.33 bits per heavy atom. The molecule has 144 valence electrons. The molecule has 6 heteroatoms. The molecule has 0 aliphatic carbocycles. The summed E-state index contributed by atoms with van der Waals surface area (Å²) < 4.78 is 10.7. The quantitative estimate of drug-likeness (QED) is 0.628. The molecule has 0 bridgehead atoms. The van der Waals surface area contributed by atoms with E-state index in [4.69, 9.17) is 9.47 Å². The summed E-state index contributed by atoms with van der Waals surface area (Å²) in [7, 11) is 3.15. The van der Waals surface area contributed by atoms with Gasteiger partial charge in [-0.25, -0.2) is 0 Å². The second kappa shape index (κ2) is 11.0. The van der Waals surface area contributed by atoms with Gasteiger partial charge in [0.2, 0.25) is 11.8 Å². The number of carbonyl (C=O) groups is 2. The monoisotopic (exact) mass is 370 g/mol. The van der Waals surface area contributed by atoms with Crippen molar-refractivity contribution in [2.75, 3.05) is 20.8 Å². The van der Waals surface area contributed by atoms with Gasteiger partial charge in [0.05, 0.1) is 20.3 Å². The zero-order chi connectivity index (χ0) is 19.5. The van der Waals surface area contributed by atoms with Crippen LogP contribution in [0.2, 0.25) is 0 Å². The van der Waals surface area contributed by atoms with E-state index in [-0.39, 0.29) is 18.2 Å². The standard InChI is InChI=1S/C21H26N2O4/c1-22-21(25)19(14-16-8-10-18(26-2)11-9-16)23-20(24)12-13-27-15-17-6-4-3-5-7-17/h3-11,19H,12-15H2,1-2H3,(H,22,25)(H,23,24)/t19-/m1/s1. The topological polar surface area (TPSA) is 76.7 Å². The highest BCUT2D eigenvalue weighted by Gasteiger charge is 2.20. The Morgan fingerprint density at radius 2 is 1.70 bits per heavy atom. The Hall–Kier alpha value is -2.86. The van der Waals surface area contributed by atoms with Crippen molar-refractivity contribution in [2.24, 2.45) is 0 Å². The van der Waals surface area contributed by atoms with E-state index in [1.54, 1.807) is 14.2 Å². The molecule has 2 amide bonds. The van der Waals surface area contributed by atoms with Crippen molar-refractivity contribution < 1.29 is 19.1 Å². The molecular formula is C21H26N2O4. The number of methoxy groups -OCH3 is 1. The van der Waals surface area contributed by atoms with Crippen LogP contribution in [0.1, 0.15) is 17.5 Å². The fourth-order valence-corrected chi connectivity index (χ4v) is 2.58. The Morgan fingerprint density at radius 1 is 1.00 bits per heavy atom. The van der Waals surface area contributed by atoms with E-state index in [1.807, 2.05) is 54.6 Å². The van der Waals surface area contributed by atoms with Crippen LogP contribution in [0.5, 0.6) is 5.75 Å². The summed E-state index contributed by atoms with van der Waals surface area (Å²) >= 11 is 0. The molecule has 0 unspecified atom stereocenters. The fourth-order valence-electron chi connectivity index (χ4n) is 2.58. The first-order chi connectivity index (χ1) is 13.1. The largest absolute Gasteiger partial charge is 0.497 e. The van der Waals surface area contributed by atoms with Crippen molar-refractivity contribution in [3.05, 3.63) is 65.7 Å². The van der Waals surface area contributed by atoms with Crippen LogP contribution in [-0.4, -0.2) is 38.6 Å². The number of amides is 2. The predicted octanol–water partition coefficient (Wildman–Crippen LogP) is 2.08. The molecule has 0 aliphatic heterocycles. The van der Waals surface area contributed by atoms with Gasteiger partial charge in [-0.15, -0.1) is 0 Å². The molecule has 0 fully saturated rings. The molecule has 2 rings (SSSR count). The zero-order valence-electron chi connectivity index (χ0n) is 15.7. The summed E-state index contributed by atoms with van der Waals surface area (Å²) in [6, 6.07) is 16.5. The van der Waals surface area contributed by atoms with Crippen LogP contribution in [-0.2, 0) is 27.4 Å². The van der Waals surface area contributed by atoms with Gasteiger partial charge in [0.25, 0.3) is 0 Å². The van der Waals surface area contributed by atoms with Crippen molar-refractivity contribution in [1.29, 1.82) is 0 Å². The van der Waals surface area contributed by atoms with Gasteiger partial charge >= 0.3 is 0 Å². The highest BCUT2D eigenvalue weighted by molar-refractivity contribution is 5.87. The van der Waals surface area contributed by atoms with Gasteiger partial charge < -0.3 is 20.1 Å². The molecule has 0 spiro atoms. The van der Waals surface area contributed by atoms with Crippen molar-refractivity contribution in [3.63, 3.8) is 0 Å². The Labute approximate surface area is 159 Å². The molecule has 27 heavy (non-hydrogen) atoms. The van der Waals surface area contributed by atoms with E-state index >= 15 is 0 Å². The van der Waals surface area contributed by atoms with E-state index in [0.29, 0.717) is 19.6 Å². The number of ether oxygens (including phenoxy) is 2. The summed E-state index contributed by atoms with van der Waals surface area (Å²) in [4.78, 5) is 24.3. The van der Waals surface area contributed by atoms with Gasteiger partial charge in [0, 0.05) is 19.9 Å². The van der Waals surface area contributed by atoms with Crippen molar-refractivity contribution in [2.45, 2.75) is 25.5 Å². The normalized spacial score (nSPS) is 11.5. The zero-order valence-corrected chi connectivity index (χ0v) is 15.7. The lowest BCUT2D eigenvalue weighted by Gasteiger charge is -2.17. The summed E-state index contributed by atoms with van der Waals surface area (Å²) in [5.74, 6) is 0.296. The van der Waals surface area contributed by atoms with E-state index in [0.717, 1.165) is 16.9 Å². The highest BCUT2D eigenvalue weighted by Crippen LogP contribution is 2.13. The van der Waals surface area contributed by atoms with E-state index in [2.05, 4.69) is 10.6 Å². The number of benzene rings is 2. The predicted molar refractivity (Wildman–Crippen MR) is 103 cm³/mol. The molecule has 1 atom stereocenters. The van der Waals surface area contributed by atoms with Crippen LogP contribution >= 0.6 is 0 Å². The second-order valence-corrected chi connectivity index (χ2v) is 6.07. The lowest BCUT2D eigenvalue weighted by atomic mass is 10.0. The summed E-state index contributed by atoms with van der Waals surface area (Å²) in [6.45, 7) is 0.753. The van der Waals surface area contributed by atoms with Gasteiger partial charge in [-0.05, 0) is 23.3 Å². The maximum Gasteiger partial charge on any atom is 0.242 e. The number of nitrogens with one attached hydrogen (secondary N) is 2. The minimum atomic E-state index is -0.634. The first-order valence-corrected chi connectivity index (χ1v) is 8.88. The summed E-state index contributed by atoms with van der Waals surface area (Å²) in [6.07, 6.45) is 0.600. The summed E-state index contributed by atoms with van der Waals surface area (Å²) in [5.41, 5.74) is 1.99. The van der Waals surface area contributed by atoms with Crippen LogP contribution in [0, 0.1) is 0 Å². The smallest absolute Gasteiger partial charge is 0.242 e. The number of rotatable bonds is 10. The van der Waals surface area contributed by atoms with Crippen molar-refractivity contribution in [3.8, 4) is 5.75 Å². The van der Waals surface area contributed by atoms with Crippen LogP contribution in [0.3, 0.4) is 0 Å². The maximum atomic E-state index is 12.2. The minimum absolute atomic E-state index is 0.197. The first-order valence-electron chi connectivity index (χ1n) is 8.88. The number of hydrogen-bond acceptors (Lipinski definition) is 4. The van der Waals surface area contributed by atoms with Crippen LogP contribution in [0.25, 0.3) is 0 Å². The highest BCUT2D eigenvalue weighted by atomic mass is 16.5. The third kappa shape index (κ3) is 7.11. The second-order valence-electron chi connectivity index (χ2n) is 6.07. The fraction of sp³-hybridized carbons (Fsp3) is 0.333. The number of hydrogen-bond donors (Lipinski definition) is 2. The number of carbonyl (C=O) groups excluding carboxylic acids is 2. The third-order valence-electron chi connectivity index (χ3n) is 4.08. The first kappa shape index (κ1) is 20.5. The lowest BCUT2D eigenvalue weighted by Crippen LogP contribution is -2.47.